The predicted molar refractivity (Wildman–Crippen MR) is 77.4 cm³/mol. The average molecular weight is 308 g/mol. The second-order valence-corrected chi connectivity index (χ2v) is 5.39. The molecule has 5 nitrogen and oxygen atoms in total. The van der Waals surface area contributed by atoms with E-state index in [0.29, 0.717) is 33.9 Å². The standard InChI is InChI=1S/C13H10ClN3O2S/c14-9-6-8(15)3-4-11(9)20-7-12-16-13(17-19-12)10-2-1-5-18-10/h1-6H,7,15H2. The Bertz CT molecular complexity index is 712. The van der Waals surface area contributed by atoms with Gasteiger partial charge in [0.15, 0.2) is 5.76 Å². The first-order valence-electron chi connectivity index (χ1n) is 5.76. The largest absolute Gasteiger partial charge is 0.461 e. The van der Waals surface area contributed by atoms with Crippen molar-refractivity contribution in [1.82, 2.24) is 10.1 Å². The maximum absolute atomic E-state index is 6.10. The number of aromatic nitrogens is 2. The molecule has 0 bridgehead atoms. The van der Waals surface area contributed by atoms with Crippen molar-refractivity contribution >= 4 is 29.1 Å². The molecule has 1 aromatic carbocycles. The minimum atomic E-state index is 0.439. The molecule has 0 saturated carbocycles. The third-order valence-corrected chi connectivity index (χ3v) is 4.00. The van der Waals surface area contributed by atoms with Crippen molar-refractivity contribution in [3.05, 3.63) is 47.5 Å². The topological polar surface area (TPSA) is 78.1 Å². The van der Waals surface area contributed by atoms with Crippen LogP contribution in [0.15, 0.2) is 50.4 Å². The van der Waals surface area contributed by atoms with Gasteiger partial charge in [-0.3, -0.25) is 0 Å². The monoisotopic (exact) mass is 307 g/mol. The molecule has 7 heteroatoms. The lowest BCUT2D eigenvalue weighted by atomic mass is 10.3. The zero-order valence-corrected chi connectivity index (χ0v) is 11.8. The molecule has 102 valence electrons. The normalized spacial score (nSPS) is 10.8. The summed E-state index contributed by atoms with van der Waals surface area (Å²) in [5.74, 6) is 2.05. The van der Waals surface area contributed by atoms with Crippen LogP contribution in [0, 0.1) is 0 Å². The highest BCUT2D eigenvalue weighted by Crippen LogP contribution is 2.31. The molecule has 3 rings (SSSR count). The van der Waals surface area contributed by atoms with Crippen molar-refractivity contribution in [2.45, 2.75) is 10.6 Å². The summed E-state index contributed by atoms with van der Waals surface area (Å²) in [4.78, 5) is 5.17. The summed E-state index contributed by atoms with van der Waals surface area (Å²) in [7, 11) is 0. The molecule has 2 heterocycles. The lowest BCUT2D eigenvalue weighted by Gasteiger charge is -2.02. The van der Waals surface area contributed by atoms with E-state index in [4.69, 9.17) is 26.3 Å². The van der Waals surface area contributed by atoms with E-state index in [1.165, 1.54) is 11.8 Å². The fraction of sp³-hybridized carbons (Fsp3) is 0.0769. The molecular weight excluding hydrogens is 298 g/mol. The second-order valence-electron chi connectivity index (χ2n) is 3.97. The number of furan rings is 1. The van der Waals surface area contributed by atoms with Gasteiger partial charge in [0.2, 0.25) is 11.7 Å². The molecule has 2 N–H and O–H groups in total. The van der Waals surface area contributed by atoms with Gasteiger partial charge in [-0.2, -0.15) is 4.98 Å². The third-order valence-electron chi connectivity index (χ3n) is 2.52. The fourth-order valence-corrected chi connectivity index (χ4v) is 2.70. The van der Waals surface area contributed by atoms with Gasteiger partial charge in [0, 0.05) is 10.6 Å². The molecule has 0 atom stereocenters. The first-order chi connectivity index (χ1) is 9.72. The molecule has 0 aliphatic rings. The van der Waals surface area contributed by atoms with E-state index in [9.17, 15) is 0 Å². The number of thioether (sulfide) groups is 1. The van der Waals surface area contributed by atoms with Gasteiger partial charge in [0.25, 0.3) is 0 Å². The van der Waals surface area contributed by atoms with Gasteiger partial charge >= 0.3 is 0 Å². The highest BCUT2D eigenvalue weighted by molar-refractivity contribution is 7.98. The van der Waals surface area contributed by atoms with Gasteiger partial charge in [-0.15, -0.1) is 11.8 Å². The molecule has 3 aromatic rings. The third kappa shape index (κ3) is 2.81. The van der Waals surface area contributed by atoms with Gasteiger partial charge in [-0.05, 0) is 30.3 Å². The molecule has 0 saturated heterocycles. The number of nitrogens with zero attached hydrogens (tertiary/aromatic N) is 2. The Morgan fingerprint density at radius 2 is 2.20 bits per heavy atom. The fourth-order valence-electron chi connectivity index (χ4n) is 1.59. The van der Waals surface area contributed by atoms with Crippen LogP contribution in [0.1, 0.15) is 5.89 Å². The summed E-state index contributed by atoms with van der Waals surface area (Å²) in [6.45, 7) is 0. The number of rotatable bonds is 4. The van der Waals surface area contributed by atoms with Crippen molar-refractivity contribution in [3.63, 3.8) is 0 Å². The summed E-state index contributed by atoms with van der Waals surface area (Å²) in [5.41, 5.74) is 6.28. The van der Waals surface area contributed by atoms with Crippen LogP contribution >= 0.6 is 23.4 Å². The smallest absolute Gasteiger partial charge is 0.238 e. The Balaban J connectivity index is 1.70. The molecule has 0 radical (unpaired) electrons. The summed E-state index contributed by atoms with van der Waals surface area (Å²) in [6, 6.07) is 8.93. The number of halogens is 1. The molecular formula is C13H10ClN3O2S. The van der Waals surface area contributed by atoms with Crippen LogP contribution in [0.5, 0.6) is 0 Å². The molecule has 0 amide bonds. The van der Waals surface area contributed by atoms with Crippen LogP contribution in [0.3, 0.4) is 0 Å². The van der Waals surface area contributed by atoms with Gasteiger partial charge < -0.3 is 14.7 Å². The highest BCUT2D eigenvalue weighted by atomic mass is 35.5. The Morgan fingerprint density at radius 1 is 1.30 bits per heavy atom. The molecule has 0 fully saturated rings. The Morgan fingerprint density at radius 3 is 2.95 bits per heavy atom. The first-order valence-corrected chi connectivity index (χ1v) is 7.13. The number of nitrogen functional groups attached to an aromatic ring is 1. The van der Waals surface area contributed by atoms with Gasteiger partial charge in [0.1, 0.15) is 0 Å². The molecule has 0 unspecified atom stereocenters. The van der Waals surface area contributed by atoms with Gasteiger partial charge in [-0.1, -0.05) is 16.8 Å². The maximum atomic E-state index is 6.10. The Labute approximate surface area is 124 Å². The van der Waals surface area contributed by atoms with E-state index in [1.807, 2.05) is 6.07 Å². The summed E-state index contributed by atoms with van der Waals surface area (Å²) < 4.78 is 10.4. The highest BCUT2D eigenvalue weighted by Gasteiger charge is 2.11. The molecule has 0 aliphatic heterocycles. The summed E-state index contributed by atoms with van der Waals surface area (Å²) in [6.07, 6.45) is 1.56. The average Bonchev–Trinajstić information content (AvgIpc) is 3.08. The summed E-state index contributed by atoms with van der Waals surface area (Å²) in [5, 5.41) is 4.47. The minimum absolute atomic E-state index is 0.439. The van der Waals surface area contributed by atoms with E-state index in [0.717, 1.165) is 4.90 Å². The number of anilines is 1. The van der Waals surface area contributed by atoms with Crippen molar-refractivity contribution < 1.29 is 8.94 Å². The van der Waals surface area contributed by atoms with E-state index < -0.39 is 0 Å². The van der Waals surface area contributed by atoms with Crippen molar-refractivity contribution in [2.24, 2.45) is 0 Å². The lowest BCUT2D eigenvalue weighted by Crippen LogP contribution is -1.86. The van der Waals surface area contributed by atoms with Crippen molar-refractivity contribution in [2.75, 3.05) is 5.73 Å². The molecule has 20 heavy (non-hydrogen) atoms. The Hall–Kier alpha value is -1.92. The van der Waals surface area contributed by atoms with E-state index in [1.54, 1.807) is 30.5 Å². The van der Waals surface area contributed by atoms with E-state index in [2.05, 4.69) is 10.1 Å². The number of nitrogens with two attached hydrogens (primary N) is 1. The zero-order chi connectivity index (χ0) is 13.9. The van der Waals surface area contributed by atoms with Crippen LogP contribution in [-0.4, -0.2) is 10.1 Å². The quantitative estimate of drug-likeness (QED) is 0.582. The van der Waals surface area contributed by atoms with Crippen LogP contribution in [0.4, 0.5) is 5.69 Å². The predicted octanol–water partition coefficient (Wildman–Crippen LogP) is 3.86. The van der Waals surface area contributed by atoms with Crippen molar-refractivity contribution in [3.8, 4) is 11.6 Å². The minimum Gasteiger partial charge on any atom is -0.461 e. The molecule has 0 aliphatic carbocycles. The first kappa shape index (κ1) is 13.1. The van der Waals surface area contributed by atoms with Crippen molar-refractivity contribution in [1.29, 1.82) is 0 Å². The number of hydrogen-bond donors (Lipinski definition) is 1. The van der Waals surface area contributed by atoms with Crippen LogP contribution in [-0.2, 0) is 5.75 Å². The maximum Gasteiger partial charge on any atom is 0.238 e. The zero-order valence-electron chi connectivity index (χ0n) is 10.2. The Kier molecular flexibility index (Phi) is 3.66. The molecule has 2 aromatic heterocycles. The van der Waals surface area contributed by atoms with Crippen LogP contribution in [0.2, 0.25) is 5.02 Å². The van der Waals surface area contributed by atoms with E-state index >= 15 is 0 Å². The second kappa shape index (κ2) is 5.60. The number of hydrogen-bond acceptors (Lipinski definition) is 6. The van der Waals surface area contributed by atoms with Gasteiger partial charge in [-0.25, -0.2) is 0 Å². The summed E-state index contributed by atoms with van der Waals surface area (Å²) >= 11 is 7.60. The SMILES string of the molecule is Nc1ccc(SCc2nc(-c3ccco3)no2)c(Cl)c1. The lowest BCUT2D eigenvalue weighted by molar-refractivity contribution is 0.390. The number of benzene rings is 1. The van der Waals surface area contributed by atoms with E-state index in [-0.39, 0.29) is 0 Å². The van der Waals surface area contributed by atoms with Gasteiger partial charge in [0.05, 0.1) is 17.0 Å². The molecule has 0 spiro atoms. The van der Waals surface area contributed by atoms with Crippen LogP contribution in [0.25, 0.3) is 11.6 Å². The van der Waals surface area contributed by atoms with Crippen LogP contribution < -0.4 is 5.73 Å².